The quantitative estimate of drug-likeness (QED) is 0.470. The fourth-order valence-electron chi connectivity index (χ4n) is 2.01. The zero-order chi connectivity index (χ0) is 14.7. The first-order valence-electron chi connectivity index (χ1n) is 5.93. The van der Waals surface area contributed by atoms with Crippen molar-refractivity contribution in [2.75, 3.05) is 25.0 Å². The molecule has 1 saturated heterocycles. The lowest BCUT2D eigenvalue weighted by atomic mass is 10.1. The van der Waals surface area contributed by atoms with Crippen molar-refractivity contribution in [3.05, 3.63) is 38.9 Å². The van der Waals surface area contributed by atoms with Crippen molar-refractivity contribution in [2.24, 2.45) is 0 Å². The average molecular weight is 364 g/mol. The SMILES string of the molecule is O=C(c1cc(Cl)ccc1[N+](=O)[O-])N1CCOC(CBr)C1. The monoisotopic (exact) mass is 362 g/mol. The maximum absolute atomic E-state index is 12.4. The molecule has 0 spiro atoms. The van der Waals surface area contributed by atoms with E-state index in [9.17, 15) is 14.9 Å². The zero-order valence-corrected chi connectivity index (χ0v) is 12.8. The van der Waals surface area contributed by atoms with Gasteiger partial charge < -0.3 is 9.64 Å². The average Bonchev–Trinajstić information content (AvgIpc) is 2.46. The van der Waals surface area contributed by atoms with Gasteiger partial charge in [0.05, 0.1) is 17.6 Å². The molecule has 1 aromatic rings. The topological polar surface area (TPSA) is 72.7 Å². The first-order chi connectivity index (χ1) is 9.52. The lowest BCUT2D eigenvalue weighted by molar-refractivity contribution is -0.385. The molecule has 1 heterocycles. The van der Waals surface area contributed by atoms with Crippen LogP contribution in [0.15, 0.2) is 18.2 Å². The van der Waals surface area contributed by atoms with Gasteiger partial charge in [-0.1, -0.05) is 27.5 Å². The summed E-state index contributed by atoms with van der Waals surface area (Å²) in [5.74, 6) is -0.395. The molecular weight excluding hydrogens is 351 g/mol. The Hall–Kier alpha value is -1.18. The number of amides is 1. The molecule has 0 radical (unpaired) electrons. The molecule has 0 aliphatic carbocycles. The van der Waals surface area contributed by atoms with Crippen LogP contribution in [0.5, 0.6) is 0 Å². The van der Waals surface area contributed by atoms with Crippen molar-refractivity contribution < 1.29 is 14.5 Å². The van der Waals surface area contributed by atoms with Crippen molar-refractivity contribution in [3.63, 3.8) is 0 Å². The minimum Gasteiger partial charge on any atom is -0.374 e. The molecule has 20 heavy (non-hydrogen) atoms. The van der Waals surface area contributed by atoms with E-state index in [-0.39, 0.29) is 17.4 Å². The van der Waals surface area contributed by atoms with Crippen LogP contribution in [-0.4, -0.2) is 46.9 Å². The molecule has 6 nitrogen and oxygen atoms in total. The minimum atomic E-state index is -0.577. The molecule has 0 aromatic heterocycles. The maximum atomic E-state index is 12.4. The van der Waals surface area contributed by atoms with Crippen LogP contribution in [0.2, 0.25) is 5.02 Å². The second-order valence-electron chi connectivity index (χ2n) is 4.32. The van der Waals surface area contributed by atoms with Crippen LogP contribution in [0, 0.1) is 10.1 Å². The van der Waals surface area contributed by atoms with Crippen molar-refractivity contribution >= 4 is 39.1 Å². The molecule has 2 rings (SSSR count). The van der Waals surface area contributed by atoms with Crippen LogP contribution in [0.1, 0.15) is 10.4 Å². The maximum Gasteiger partial charge on any atom is 0.282 e. The summed E-state index contributed by atoms with van der Waals surface area (Å²) in [4.78, 5) is 24.4. The highest BCUT2D eigenvalue weighted by molar-refractivity contribution is 9.09. The third kappa shape index (κ3) is 3.28. The van der Waals surface area contributed by atoms with Gasteiger partial charge in [0.15, 0.2) is 0 Å². The summed E-state index contributed by atoms with van der Waals surface area (Å²) in [7, 11) is 0. The van der Waals surface area contributed by atoms with Gasteiger partial charge >= 0.3 is 0 Å². The smallest absolute Gasteiger partial charge is 0.282 e. The molecule has 8 heteroatoms. The number of ether oxygens (including phenoxy) is 1. The van der Waals surface area contributed by atoms with Crippen molar-refractivity contribution in [3.8, 4) is 0 Å². The van der Waals surface area contributed by atoms with Gasteiger partial charge in [-0.3, -0.25) is 14.9 Å². The molecule has 1 aromatic carbocycles. The number of nitro groups is 1. The number of morpholine rings is 1. The predicted molar refractivity (Wildman–Crippen MR) is 77.5 cm³/mol. The molecule has 1 amide bonds. The molecule has 1 aliphatic rings. The predicted octanol–water partition coefficient (Wildman–Crippen LogP) is 2.48. The van der Waals surface area contributed by atoms with Gasteiger partial charge in [0.2, 0.25) is 0 Å². The van der Waals surface area contributed by atoms with Crippen LogP contribution in [0.3, 0.4) is 0 Å². The van der Waals surface area contributed by atoms with Crippen LogP contribution in [-0.2, 0) is 4.74 Å². The van der Waals surface area contributed by atoms with Crippen LogP contribution in [0.4, 0.5) is 5.69 Å². The number of hydrogen-bond donors (Lipinski definition) is 0. The summed E-state index contributed by atoms with van der Waals surface area (Å²) in [5, 5.41) is 11.9. The molecule has 1 atom stereocenters. The molecular formula is C12H12BrClN2O4. The van der Waals surface area contributed by atoms with E-state index in [0.29, 0.717) is 30.0 Å². The number of benzene rings is 1. The van der Waals surface area contributed by atoms with Crippen molar-refractivity contribution in [1.29, 1.82) is 0 Å². The number of nitro benzene ring substituents is 1. The summed E-state index contributed by atoms with van der Waals surface area (Å²) in [6.45, 7) is 1.22. The third-order valence-electron chi connectivity index (χ3n) is 2.98. The summed E-state index contributed by atoms with van der Waals surface area (Å²) < 4.78 is 5.44. The largest absolute Gasteiger partial charge is 0.374 e. The summed E-state index contributed by atoms with van der Waals surface area (Å²) in [6, 6.07) is 3.98. The van der Waals surface area contributed by atoms with E-state index < -0.39 is 10.8 Å². The van der Waals surface area contributed by atoms with E-state index in [0.717, 1.165) is 0 Å². The van der Waals surface area contributed by atoms with E-state index in [1.165, 1.54) is 18.2 Å². The first kappa shape index (κ1) is 15.2. The lowest BCUT2D eigenvalue weighted by Gasteiger charge is -2.32. The van der Waals surface area contributed by atoms with Gasteiger partial charge in [-0.05, 0) is 12.1 Å². The molecule has 0 bridgehead atoms. The van der Waals surface area contributed by atoms with Gasteiger partial charge in [0.1, 0.15) is 5.56 Å². The third-order valence-corrected chi connectivity index (χ3v) is 3.94. The highest BCUT2D eigenvalue weighted by Crippen LogP contribution is 2.25. The first-order valence-corrected chi connectivity index (χ1v) is 7.43. The number of alkyl halides is 1. The number of carbonyl (C=O) groups excluding carboxylic acids is 1. The Morgan fingerprint density at radius 2 is 2.35 bits per heavy atom. The van der Waals surface area contributed by atoms with Crippen LogP contribution < -0.4 is 0 Å². The number of carbonyl (C=O) groups is 1. The molecule has 0 saturated carbocycles. The summed E-state index contributed by atoms with van der Waals surface area (Å²) in [6.07, 6.45) is -0.106. The lowest BCUT2D eigenvalue weighted by Crippen LogP contribution is -2.46. The molecule has 1 fully saturated rings. The highest BCUT2D eigenvalue weighted by atomic mass is 79.9. The standard InChI is InChI=1S/C12H12BrClN2O4/c13-6-9-7-15(3-4-20-9)12(17)10-5-8(14)1-2-11(10)16(18)19/h1-2,5,9H,3-4,6-7H2. The Balaban J connectivity index is 2.28. The molecule has 0 N–H and O–H groups in total. The highest BCUT2D eigenvalue weighted by Gasteiger charge is 2.29. The van der Waals surface area contributed by atoms with Gasteiger partial charge in [-0.15, -0.1) is 0 Å². The van der Waals surface area contributed by atoms with E-state index >= 15 is 0 Å². The number of nitrogens with zero attached hydrogens (tertiary/aromatic N) is 2. The Bertz CT molecular complexity index is 540. The van der Waals surface area contributed by atoms with E-state index in [4.69, 9.17) is 16.3 Å². The summed E-state index contributed by atoms with van der Waals surface area (Å²) >= 11 is 9.14. The van der Waals surface area contributed by atoms with Crippen LogP contribution in [0.25, 0.3) is 0 Å². The number of rotatable bonds is 3. The Morgan fingerprint density at radius 3 is 3.00 bits per heavy atom. The Morgan fingerprint density at radius 1 is 1.60 bits per heavy atom. The Kier molecular flexibility index (Phi) is 4.95. The van der Waals surface area contributed by atoms with Gasteiger partial charge in [-0.25, -0.2) is 0 Å². The normalized spacial score (nSPS) is 18.9. The molecule has 1 unspecified atom stereocenters. The van der Waals surface area contributed by atoms with Crippen molar-refractivity contribution in [1.82, 2.24) is 4.90 Å². The van der Waals surface area contributed by atoms with Gasteiger partial charge in [0.25, 0.3) is 11.6 Å². The van der Waals surface area contributed by atoms with Crippen LogP contribution >= 0.6 is 27.5 Å². The van der Waals surface area contributed by atoms with Gasteiger partial charge in [-0.2, -0.15) is 0 Å². The fourth-order valence-corrected chi connectivity index (χ4v) is 2.57. The summed E-state index contributed by atoms with van der Waals surface area (Å²) in [5.41, 5.74) is -0.223. The number of hydrogen-bond acceptors (Lipinski definition) is 4. The second-order valence-corrected chi connectivity index (χ2v) is 5.40. The van der Waals surface area contributed by atoms with E-state index in [1.807, 2.05) is 0 Å². The molecule has 108 valence electrons. The van der Waals surface area contributed by atoms with E-state index in [1.54, 1.807) is 4.90 Å². The number of halogens is 2. The molecule has 1 aliphatic heterocycles. The van der Waals surface area contributed by atoms with Crippen molar-refractivity contribution in [2.45, 2.75) is 6.10 Å². The fraction of sp³-hybridized carbons (Fsp3) is 0.417. The second kappa shape index (κ2) is 6.51. The minimum absolute atomic E-state index is 0.0118. The zero-order valence-electron chi connectivity index (χ0n) is 10.4. The van der Waals surface area contributed by atoms with E-state index in [2.05, 4.69) is 15.9 Å². The Labute approximate surface area is 128 Å². The van der Waals surface area contributed by atoms with Gasteiger partial charge in [0, 0.05) is 29.5 Å².